The van der Waals surface area contributed by atoms with Gasteiger partial charge in [-0.15, -0.1) is 12.4 Å². The molecular formula is C23H26Cl2FN3O5. The number of carbonyl (C=O) groups is 2. The van der Waals surface area contributed by atoms with E-state index in [1.807, 2.05) is 13.8 Å². The van der Waals surface area contributed by atoms with Crippen LogP contribution in [0.3, 0.4) is 0 Å². The van der Waals surface area contributed by atoms with Gasteiger partial charge in [0, 0.05) is 31.9 Å². The second-order valence-corrected chi connectivity index (χ2v) is 9.34. The zero-order valence-corrected chi connectivity index (χ0v) is 20.5. The normalized spacial score (nSPS) is 21.2. The molecule has 1 aromatic heterocycles. The third kappa shape index (κ3) is 4.39. The van der Waals surface area contributed by atoms with E-state index in [1.165, 1.54) is 23.2 Å². The summed E-state index contributed by atoms with van der Waals surface area (Å²) in [5.74, 6) is -2.74. The van der Waals surface area contributed by atoms with E-state index in [-0.39, 0.29) is 53.0 Å². The Hall–Kier alpha value is -2.62. The van der Waals surface area contributed by atoms with Crippen LogP contribution in [0.15, 0.2) is 29.2 Å². The molecule has 184 valence electrons. The monoisotopic (exact) mass is 513 g/mol. The molecule has 34 heavy (non-hydrogen) atoms. The molecule has 1 fully saturated rings. The summed E-state index contributed by atoms with van der Waals surface area (Å²) in [5.41, 5.74) is -1.88. The van der Waals surface area contributed by atoms with E-state index in [2.05, 4.69) is 5.32 Å². The lowest BCUT2D eigenvalue weighted by Gasteiger charge is -2.54. The Bertz CT molecular complexity index is 1190. The first-order valence-corrected chi connectivity index (χ1v) is 11.0. The van der Waals surface area contributed by atoms with Gasteiger partial charge in [0.2, 0.25) is 5.43 Å². The van der Waals surface area contributed by atoms with Crippen LogP contribution >= 0.6 is 24.0 Å². The summed E-state index contributed by atoms with van der Waals surface area (Å²) in [4.78, 5) is 39.8. The molecule has 4 rings (SSSR count). The first-order valence-electron chi connectivity index (χ1n) is 10.6. The van der Waals surface area contributed by atoms with Crippen molar-refractivity contribution in [3.8, 4) is 5.75 Å². The first kappa shape index (κ1) is 26.0. The average Bonchev–Trinajstić information content (AvgIpc) is 2.73. The molecule has 8 nitrogen and oxygen atoms in total. The van der Waals surface area contributed by atoms with Gasteiger partial charge >= 0.3 is 0 Å². The molecule has 2 aliphatic rings. The lowest BCUT2D eigenvalue weighted by molar-refractivity contribution is -0.107. The molecule has 0 saturated heterocycles. The highest BCUT2D eigenvalue weighted by molar-refractivity contribution is 6.30. The van der Waals surface area contributed by atoms with Crippen LogP contribution in [0.5, 0.6) is 5.75 Å². The SMILES string of the molecule is CC(C)O[C@H]1C[C@@]2(CN(C)C(=O)c3c(O)c(=O)c(C(=O)NCc4cccc(Cl)c4F)cn32)C1.Cl. The summed E-state index contributed by atoms with van der Waals surface area (Å²) in [7, 11) is 1.61. The smallest absolute Gasteiger partial charge is 0.274 e. The molecule has 11 heteroatoms. The molecule has 1 aromatic carbocycles. The van der Waals surface area contributed by atoms with Gasteiger partial charge in [0.05, 0.1) is 22.8 Å². The van der Waals surface area contributed by atoms with Crippen LogP contribution < -0.4 is 10.7 Å². The molecule has 1 saturated carbocycles. The van der Waals surface area contributed by atoms with Gasteiger partial charge in [-0.2, -0.15) is 0 Å². The summed E-state index contributed by atoms with van der Waals surface area (Å²) in [5, 5.41) is 13.0. The summed E-state index contributed by atoms with van der Waals surface area (Å²) in [6, 6.07) is 4.40. The fraction of sp³-hybridized carbons (Fsp3) is 0.435. The summed E-state index contributed by atoms with van der Waals surface area (Å²) in [6.45, 7) is 4.02. The average molecular weight is 514 g/mol. The second-order valence-electron chi connectivity index (χ2n) is 8.94. The number of halogens is 3. The van der Waals surface area contributed by atoms with Crippen LogP contribution in [-0.2, 0) is 16.8 Å². The Morgan fingerprint density at radius 3 is 2.68 bits per heavy atom. The topological polar surface area (TPSA) is 101 Å². The summed E-state index contributed by atoms with van der Waals surface area (Å²) >= 11 is 5.77. The standard InChI is InChI=1S/C23H25ClFN3O5.ClH/c1-12(2)33-14-7-23(8-14)11-27(3)22(32)18-20(30)19(29)15(10-28(18)23)21(31)26-9-13-5-4-6-16(24)17(13)25;/h4-6,10,12,14,30H,7-9,11H2,1-3H3,(H,26,31);1H/t14-,23-;. The molecule has 0 unspecified atom stereocenters. The van der Waals surface area contributed by atoms with E-state index in [0.29, 0.717) is 19.4 Å². The highest BCUT2D eigenvalue weighted by atomic mass is 35.5. The highest BCUT2D eigenvalue weighted by Crippen LogP contribution is 2.46. The fourth-order valence-electron chi connectivity index (χ4n) is 4.66. The van der Waals surface area contributed by atoms with Crippen molar-refractivity contribution in [1.29, 1.82) is 0 Å². The number of hydrogen-bond acceptors (Lipinski definition) is 5. The number of nitrogens with one attached hydrogen (secondary N) is 1. The van der Waals surface area contributed by atoms with Crippen molar-refractivity contribution < 1.29 is 23.8 Å². The summed E-state index contributed by atoms with van der Waals surface area (Å²) < 4.78 is 21.5. The van der Waals surface area contributed by atoms with Crippen LogP contribution in [-0.4, -0.2) is 52.2 Å². The number of rotatable bonds is 5. The van der Waals surface area contributed by atoms with Crippen molar-refractivity contribution in [1.82, 2.24) is 14.8 Å². The van der Waals surface area contributed by atoms with Crippen LogP contribution in [0.2, 0.25) is 5.02 Å². The molecule has 2 aromatic rings. The minimum absolute atomic E-state index is 0. The third-order valence-corrected chi connectivity index (χ3v) is 6.46. The lowest BCUT2D eigenvalue weighted by atomic mass is 9.72. The number of aromatic nitrogens is 1. The Morgan fingerprint density at radius 2 is 2.03 bits per heavy atom. The highest BCUT2D eigenvalue weighted by Gasteiger charge is 2.52. The number of fused-ring (bicyclic) bond motifs is 2. The number of ether oxygens (including phenoxy) is 1. The van der Waals surface area contributed by atoms with Crippen LogP contribution in [0.1, 0.15) is 53.1 Å². The van der Waals surface area contributed by atoms with Crippen molar-refractivity contribution in [2.24, 2.45) is 0 Å². The summed E-state index contributed by atoms with van der Waals surface area (Å²) in [6.07, 6.45) is 2.44. The van der Waals surface area contributed by atoms with E-state index in [1.54, 1.807) is 17.7 Å². The maximum atomic E-state index is 14.1. The first-order chi connectivity index (χ1) is 15.5. The molecule has 2 heterocycles. The zero-order chi connectivity index (χ0) is 24.1. The minimum Gasteiger partial charge on any atom is -0.503 e. The molecule has 1 aliphatic carbocycles. The van der Waals surface area contributed by atoms with Gasteiger partial charge in [0.25, 0.3) is 11.8 Å². The van der Waals surface area contributed by atoms with Crippen LogP contribution in [0.4, 0.5) is 4.39 Å². The van der Waals surface area contributed by atoms with Crippen molar-refractivity contribution >= 4 is 35.8 Å². The minimum atomic E-state index is -0.960. The van der Waals surface area contributed by atoms with Crippen molar-refractivity contribution in [3.63, 3.8) is 0 Å². The third-order valence-electron chi connectivity index (χ3n) is 6.17. The Morgan fingerprint density at radius 1 is 1.35 bits per heavy atom. The quantitative estimate of drug-likeness (QED) is 0.639. The molecule has 1 spiro atoms. The maximum Gasteiger partial charge on any atom is 0.274 e. The molecule has 2 amide bonds. The predicted octanol–water partition coefficient (Wildman–Crippen LogP) is 3.07. The van der Waals surface area contributed by atoms with Gasteiger partial charge < -0.3 is 24.6 Å². The Kier molecular flexibility index (Phi) is 7.31. The van der Waals surface area contributed by atoms with Crippen molar-refractivity contribution in [2.75, 3.05) is 13.6 Å². The Balaban J connectivity index is 0.00000324. The molecule has 0 atom stereocenters. The molecule has 2 N–H and O–H groups in total. The van der Waals surface area contributed by atoms with Crippen LogP contribution in [0.25, 0.3) is 0 Å². The number of benzene rings is 1. The van der Waals surface area contributed by atoms with Gasteiger partial charge in [0.1, 0.15) is 11.4 Å². The largest absolute Gasteiger partial charge is 0.503 e. The van der Waals surface area contributed by atoms with Gasteiger partial charge in [-0.05, 0) is 32.8 Å². The number of pyridine rings is 1. The zero-order valence-electron chi connectivity index (χ0n) is 18.9. The van der Waals surface area contributed by atoms with Gasteiger partial charge in [0.15, 0.2) is 11.4 Å². The number of hydrogen-bond donors (Lipinski definition) is 2. The second kappa shape index (κ2) is 9.56. The van der Waals surface area contributed by atoms with Gasteiger partial charge in [-0.1, -0.05) is 23.7 Å². The fourth-order valence-corrected chi connectivity index (χ4v) is 4.86. The van der Waals surface area contributed by atoms with Crippen LogP contribution in [0, 0.1) is 5.82 Å². The number of aromatic hydroxyl groups is 1. The van der Waals surface area contributed by atoms with E-state index in [4.69, 9.17) is 16.3 Å². The van der Waals surface area contributed by atoms with E-state index >= 15 is 0 Å². The predicted molar refractivity (Wildman–Crippen MR) is 126 cm³/mol. The maximum absolute atomic E-state index is 14.1. The van der Waals surface area contributed by atoms with E-state index in [0.717, 1.165) is 0 Å². The molecule has 0 radical (unpaired) electrons. The number of likely N-dealkylation sites (N-methyl/N-ethyl adjacent to an activating group) is 1. The van der Waals surface area contributed by atoms with Crippen molar-refractivity contribution in [2.45, 2.75) is 51.0 Å². The number of nitrogens with zero attached hydrogens (tertiary/aromatic N) is 2. The number of amides is 2. The Labute approximate surface area is 207 Å². The van der Waals surface area contributed by atoms with E-state index < -0.39 is 34.3 Å². The molecular weight excluding hydrogens is 488 g/mol. The molecule has 1 aliphatic heterocycles. The molecule has 0 bridgehead atoms. The van der Waals surface area contributed by atoms with Gasteiger partial charge in [-0.3, -0.25) is 14.4 Å². The van der Waals surface area contributed by atoms with E-state index in [9.17, 15) is 23.9 Å². The lowest BCUT2D eigenvalue weighted by Crippen LogP contribution is -2.61. The van der Waals surface area contributed by atoms with Crippen molar-refractivity contribution in [3.05, 3.63) is 62.3 Å². The van der Waals surface area contributed by atoms with Gasteiger partial charge in [-0.25, -0.2) is 4.39 Å². The number of carbonyl (C=O) groups excluding carboxylic acids is 2.